The Morgan fingerprint density at radius 3 is 2.24 bits per heavy atom. The fourth-order valence-electron chi connectivity index (χ4n) is 3.09. The van der Waals surface area contributed by atoms with E-state index in [1.54, 1.807) is 0 Å². The average Bonchev–Trinajstić information content (AvgIpc) is 2.64. The number of imide groups is 1. The van der Waals surface area contributed by atoms with Gasteiger partial charge < -0.3 is 5.73 Å². The lowest BCUT2D eigenvalue weighted by Crippen LogP contribution is -2.48. The van der Waals surface area contributed by atoms with Crippen LogP contribution in [0.15, 0.2) is 0 Å². The lowest BCUT2D eigenvalue weighted by Gasteiger charge is -2.37. The summed E-state index contributed by atoms with van der Waals surface area (Å²) in [6, 6.07) is 0.0398. The van der Waals surface area contributed by atoms with Gasteiger partial charge in [0.15, 0.2) is 0 Å². The Hall–Kier alpha value is -0.900. The summed E-state index contributed by atoms with van der Waals surface area (Å²) in [5, 5.41) is 0. The van der Waals surface area contributed by atoms with Gasteiger partial charge in [0, 0.05) is 25.4 Å². The van der Waals surface area contributed by atoms with Crippen LogP contribution in [0.2, 0.25) is 0 Å². The Morgan fingerprint density at radius 2 is 1.76 bits per heavy atom. The first-order valence-electron chi connectivity index (χ1n) is 6.61. The van der Waals surface area contributed by atoms with Gasteiger partial charge in [0.05, 0.1) is 0 Å². The van der Waals surface area contributed by atoms with Gasteiger partial charge in [0.2, 0.25) is 11.8 Å². The molecule has 1 saturated heterocycles. The molecule has 2 aliphatic rings. The SMILES string of the molecule is CC(N)CCN1C(=O)CC2(CCCC2)CC1=O. The van der Waals surface area contributed by atoms with Crippen LogP contribution in [0.4, 0.5) is 0 Å². The first kappa shape index (κ1) is 12.6. The molecule has 2 N–H and O–H groups in total. The molecular weight excluding hydrogens is 216 g/mol. The number of carbonyl (C=O) groups is 2. The molecule has 1 heterocycles. The van der Waals surface area contributed by atoms with E-state index < -0.39 is 0 Å². The summed E-state index contributed by atoms with van der Waals surface area (Å²) in [6.45, 7) is 2.39. The molecule has 0 aromatic rings. The normalized spacial score (nSPS) is 25.6. The maximum absolute atomic E-state index is 12.0. The van der Waals surface area contributed by atoms with Crippen molar-refractivity contribution in [1.29, 1.82) is 0 Å². The number of hydrogen-bond acceptors (Lipinski definition) is 3. The summed E-state index contributed by atoms with van der Waals surface area (Å²) < 4.78 is 0. The summed E-state index contributed by atoms with van der Waals surface area (Å²) in [6.07, 6.45) is 6.26. The molecule has 96 valence electrons. The summed E-state index contributed by atoms with van der Waals surface area (Å²) >= 11 is 0. The van der Waals surface area contributed by atoms with E-state index in [9.17, 15) is 9.59 Å². The highest BCUT2D eigenvalue weighted by Crippen LogP contribution is 2.46. The van der Waals surface area contributed by atoms with E-state index in [0.29, 0.717) is 25.8 Å². The average molecular weight is 238 g/mol. The van der Waals surface area contributed by atoms with Crippen LogP contribution in [0.3, 0.4) is 0 Å². The fourth-order valence-corrected chi connectivity index (χ4v) is 3.09. The Kier molecular flexibility index (Phi) is 3.52. The molecule has 1 aliphatic carbocycles. The minimum absolute atomic E-state index is 0.0129. The third kappa shape index (κ3) is 2.68. The molecule has 2 amide bonds. The highest BCUT2D eigenvalue weighted by atomic mass is 16.2. The van der Waals surface area contributed by atoms with E-state index >= 15 is 0 Å². The van der Waals surface area contributed by atoms with Crippen LogP contribution in [-0.4, -0.2) is 29.3 Å². The van der Waals surface area contributed by atoms with Crippen molar-refractivity contribution < 1.29 is 9.59 Å². The molecule has 1 unspecified atom stereocenters. The van der Waals surface area contributed by atoms with Crippen molar-refractivity contribution >= 4 is 11.8 Å². The van der Waals surface area contributed by atoms with Gasteiger partial charge in [-0.25, -0.2) is 0 Å². The van der Waals surface area contributed by atoms with Crippen LogP contribution in [0.5, 0.6) is 0 Å². The predicted octanol–water partition coefficient (Wildman–Crippen LogP) is 1.43. The molecule has 1 aliphatic heterocycles. The third-order valence-corrected chi connectivity index (χ3v) is 4.13. The molecule has 0 radical (unpaired) electrons. The Bertz CT molecular complexity index is 299. The van der Waals surface area contributed by atoms with Crippen LogP contribution < -0.4 is 5.73 Å². The number of carbonyl (C=O) groups excluding carboxylic acids is 2. The van der Waals surface area contributed by atoms with E-state index in [0.717, 1.165) is 12.8 Å². The van der Waals surface area contributed by atoms with Crippen molar-refractivity contribution in [3.8, 4) is 0 Å². The molecule has 17 heavy (non-hydrogen) atoms. The maximum atomic E-state index is 12.0. The predicted molar refractivity (Wildman–Crippen MR) is 65.1 cm³/mol. The number of piperidine rings is 1. The van der Waals surface area contributed by atoms with Crippen LogP contribution in [0.1, 0.15) is 51.9 Å². The number of hydrogen-bond donors (Lipinski definition) is 1. The van der Waals surface area contributed by atoms with Gasteiger partial charge in [-0.05, 0) is 31.6 Å². The van der Waals surface area contributed by atoms with Gasteiger partial charge in [0.1, 0.15) is 0 Å². The topological polar surface area (TPSA) is 63.4 Å². The van der Waals surface area contributed by atoms with Gasteiger partial charge in [-0.2, -0.15) is 0 Å². The zero-order valence-electron chi connectivity index (χ0n) is 10.6. The minimum Gasteiger partial charge on any atom is -0.328 e. The molecule has 1 saturated carbocycles. The molecule has 2 rings (SSSR count). The summed E-state index contributed by atoms with van der Waals surface area (Å²) in [5.74, 6) is 0.0348. The standard InChI is InChI=1S/C13H22N2O2/c1-10(14)4-7-15-11(16)8-13(9-12(15)17)5-2-3-6-13/h10H,2-9,14H2,1H3. The molecule has 0 aromatic heterocycles. The first-order chi connectivity index (χ1) is 8.02. The van der Waals surface area contributed by atoms with Crippen molar-refractivity contribution in [3.63, 3.8) is 0 Å². The third-order valence-electron chi connectivity index (χ3n) is 4.13. The number of amides is 2. The van der Waals surface area contributed by atoms with E-state index in [1.807, 2.05) is 6.92 Å². The maximum Gasteiger partial charge on any atom is 0.229 e. The molecule has 0 bridgehead atoms. The second-order valence-electron chi connectivity index (χ2n) is 5.77. The van der Waals surface area contributed by atoms with Crippen molar-refractivity contribution in [2.24, 2.45) is 11.1 Å². The van der Waals surface area contributed by atoms with E-state index in [1.165, 1.54) is 17.7 Å². The number of nitrogens with zero attached hydrogens (tertiary/aromatic N) is 1. The number of rotatable bonds is 3. The number of likely N-dealkylation sites (tertiary alicyclic amines) is 1. The Balaban J connectivity index is 1.98. The van der Waals surface area contributed by atoms with Gasteiger partial charge in [-0.1, -0.05) is 12.8 Å². The molecular formula is C13H22N2O2. The van der Waals surface area contributed by atoms with Gasteiger partial charge in [-0.15, -0.1) is 0 Å². The van der Waals surface area contributed by atoms with Crippen molar-refractivity contribution in [2.75, 3.05) is 6.54 Å². The molecule has 4 nitrogen and oxygen atoms in total. The van der Waals surface area contributed by atoms with E-state index in [2.05, 4.69) is 0 Å². The molecule has 4 heteroatoms. The number of nitrogens with two attached hydrogens (primary N) is 1. The van der Waals surface area contributed by atoms with Crippen LogP contribution in [0, 0.1) is 5.41 Å². The Morgan fingerprint density at radius 1 is 1.24 bits per heavy atom. The Labute approximate surface area is 103 Å². The summed E-state index contributed by atoms with van der Waals surface area (Å²) in [4.78, 5) is 25.5. The van der Waals surface area contributed by atoms with E-state index in [-0.39, 0.29) is 23.3 Å². The van der Waals surface area contributed by atoms with E-state index in [4.69, 9.17) is 5.73 Å². The molecule has 0 aromatic carbocycles. The lowest BCUT2D eigenvalue weighted by atomic mass is 9.76. The quantitative estimate of drug-likeness (QED) is 0.757. The van der Waals surface area contributed by atoms with Gasteiger partial charge in [-0.3, -0.25) is 14.5 Å². The second-order valence-corrected chi connectivity index (χ2v) is 5.77. The second kappa shape index (κ2) is 4.77. The zero-order valence-corrected chi connectivity index (χ0v) is 10.6. The molecule has 1 atom stereocenters. The molecule has 1 spiro atoms. The summed E-state index contributed by atoms with van der Waals surface area (Å²) in [7, 11) is 0. The van der Waals surface area contributed by atoms with Crippen LogP contribution in [0.25, 0.3) is 0 Å². The molecule has 2 fully saturated rings. The van der Waals surface area contributed by atoms with Crippen LogP contribution in [-0.2, 0) is 9.59 Å². The smallest absolute Gasteiger partial charge is 0.229 e. The summed E-state index contributed by atoms with van der Waals surface area (Å²) in [5.41, 5.74) is 5.68. The highest BCUT2D eigenvalue weighted by molar-refractivity contribution is 5.98. The van der Waals surface area contributed by atoms with Gasteiger partial charge in [0.25, 0.3) is 0 Å². The van der Waals surface area contributed by atoms with Crippen molar-refractivity contribution in [2.45, 2.75) is 57.9 Å². The highest BCUT2D eigenvalue weighted by Gasteiger charge is 2.44. The zero-order chi connectivity index (χ0) is 12.5. The lowest BCUT2D eigenvalue weighted by molar-refractivity contribution is -0.153. The van der Waals surface area contributed by atoms with Crippen molar-refractivity contribution in [1.82, 2.24) is 4.90 Å². The van der Waals surface area contributed by atoms with Crippen LogP contribution >= 0.6 is 0 Å². The fraction of sp³-hybridized carbons (Fsp3) is 0.846. The largest absolute Gasteiger partial charge is 0.328 e. The van der Waals surface area contributed by atoms with Gasteiger partial charge >= 0.3 is 0 Å². The first-order valence-corrected chi connectivity index (χ1v) is 6.61. The van der Waals surface area contributed by atoms with Crippen molar-refractivity contribution in [3.05, 3.63) is 0 Å². The monoisotopic (exact) mass is 238 g/mol. The minimum atomic E-state index is 0.0129.